The lowest BCUT2D eigenvalue weighted by molar-refractivity contribution is 0.306. The molecule has 2 aromatic carbocycles. The van der Waals surface area contributed by atoms with Gasteiger partial charge in [0.25, 0.3) is 0 Å². The van der Waals surface area contributed by atoms with Crippen LogP contribution in [0.2, 0.25) is 0 Å². The first-order valence-electron chi connectivity index (χ1n) is 7.26. The Hall–Kier alpha value is -2.47. The monoisotopic (exact) mass is 278 g/mol. The number of aryl methyl sites for hydroxylation is 2. The lowest BCUT2D eigenvalue weighted by Crippen LogP contribution is -2.13. The van der Waals surface area contributed by atoms with Crippen molar-refractivity contribution in [3.63, 3.8) is 0 Å². The summed E-state index contributed by atoms with van der Waals surface area (Å²) in [6.07, 6.45) is 2.28. The highest BCUT2D eigenvalue weighted by molar-refractivity contribution is 5.63. The van der Waals surface area contributed by atoms with Gasteiger partial charge in [-0.3, -0.25) is 0 Å². The number of rotatable bonds is 3. The van der Waals surface area contributed by atoms with Gasteiger partial charge in [-0.2, -0.15) is 5.26 Å². The molecule has 3 nitrogen and oxygen atoms in total. The van der Waals surface area contributed by atoms with E-state index in [2.05, 4.69) is 17.5 Å². The fourth-order valence-corrected chi connectivity index (χ4v) is 2.68. The van der Waals surface area contributed by atoms with E-state index in [0.29, 0.717) is 12.2 Å². The molecule has 0 amide bonds. The van der Waals surface area contributed by atoms with Crippen LogP contribution in [0.3, 0.4) is 0 Å². The van der Waals surface area contributed by atoms with Crippen LogP contribution in [0.4, 0.5) is 5.69 Å². The Morgan fingerprint density at radius 1 is 1.29 bits per heavy atom. The molecule has 106 valence electrons. The zero-order chi connectivity index (χ0) is 14.7. The number of nitriles is 1. The molecule has 0 saturated carbocycles. The van der Waals surface area contributed by atoms with Crippen LogP contribution in [-0.2, 0) is 13.0 Å². The molecule has 0 saturated heterocycles. The molecule has 0 radical (unpaired) electrons. The molecule has 0 fully saturated rings. The minimum absolute atomic E-state index is 0.523. The molecule has 1 N–H and O–H groups in total. The van der Waals surface area contributed by atoms with Crippen molar-refractivity contribution in [2.24, 2.45) is 0 Å². The van der Waals surface area contributed by atoms with E-state index >= 15 is 0 Å². The van der Waals surface area contributed by atoms with Gasteiger partial charge >= 0.3 is 0 Å². The van der Waals surface area contributed by atoms with Crippen LogP contribution >= 0.6 is 0 Å². The summed E-state index contributed by atoms with van der Waals surface area (Å²) in [6.45, 7) is 3.54. The van der Waals surface area contributed by atoms with Crippen LogP contribution in [-0.4, -0.2) is 6.54 Å². The van der Waals surface area contributed by atoms with Crippen LogP contribution in [0, 0.1) is 18.3 Å². The van der Waals surface area contributed by atoms with Gasteiger partial charge in [-0.1, -0.05) is 18.2 Å². The number of hydrogen-bond donors (Lipinski definition) is 1. The van der Waals surface area contributed by atoms with Crippen molar-refractivity contribution >= 4 is 5.69 Å². The van der Waals surface area contributed by atoms with Gasteiger partial charge in [0.05, 0.1) is 17.3 Å². The molecule has 2 aromatic rings. The highest BCUT2D eigenvalue weighted by atomic mass is 16.5. The smallest absolute Gasteiger partial charge is 0.143 e. The molecule has 0 atom stereocenters. The maximum atomic E-state index is 8.90. The fraction of sp³-hybridized carbons (Fsp3) is 0.278. The molecule has 3 rings (SSSR count). The third kappa shape index (κ3) is 2.85. The van der Waals surface area contributed by atoms with Crippen molar-refractivity contribution in [3.05, 3.63) is 58.7 Å². The molecular weight excluding hydrogens is 260 g/mol. The highest BCUT2D eigenvalue weighted by Gasteiger charge is 2.13. The minimum Gasteiger partial charge on any atom is -0.487 e. The van der Waals surface area contributed by atoms with Crippen molar-refractivity contribution < 1.29 is 4.74 Å². The maximum Gasteiger partial charge on any atom is 0.143 e. The molecule has 1 heterocycles. The second-order valence-electron chi connectivity index (χ2n) is 5.36. The lowest BCUT2D eigenvalue weighted by atomic mass is 10.0. The zero-order valence-electron chi connectivity index (χ0n) is 12.1. The Morgan fingerprint density at radius 2 is 2.19 bits per heavy atom. The van der Waals surface area contributed by atoms with E-state index in [1.165, 1.54) is 12.0 Å². The van der Waals surface area contributed by atoms with E-state index in [9.17, 15) is 0 Å². The number of para-hydroxylation sites is 1. The third-order valence-electron chi connectivity index (χ3n) is 3.89. The number of hydrogen-bond acceptors (Lipinski definition) is 3. The second kappa shape index (κ2) is 5.88. The van der Waals surface area contributed by atoms with E-state index in [1.54, 1.807) is 0 Å². The Morgan fingerprint density at radius 3 is 3.00 bits per heavy atom. The molecule has 1 aliphatic rings. The highest BCUT2D eigenvalue weighted by Crippen LogP contribution is 2.32. The largest absolute Gasteiger partial charge is 0.487 e. The molecule has 0 spiro atoms. The number of nitrogens with one attached hydrogen (secondary N) is 1. The number of benzene rings is 2. The summed E-state index contributed by atoms with van der Waals surface area (Å²) in [6, 6.07) is 14.1. The maximum absolute atomic E-state index is 8.90. The lowest BCUT2D eigenvalue weighted by Gasteiger charge is -2.21. The molecule has 0 aliphatic carbocycles. The summed E-state index contributed by atoms with van der Waals surface area (Å²) in [4.78, 5) is 0. The number of ether oxygens (including phenoxy) is 1. The first-order valence-corrected chi connectivity index (χ1v) is 7.26. The SMILES string of the molecule is Cc1cc(C#N)ccc1COc1cccc2c1NCCC2. The summed E-state index contributed by atoms with van der Waals surface area (Å²) in [7, 11) is 0. The van der Waals surface area contributed by atoms with Crippen LogP contribution < -0.4 is 10.1 Å². The summed E-state index contributed by atoms with van der Waals surface area (Å²) in [5.41, 5.74) is 5.36. The first kappa shape index (κ1) is 13.5. The summed E-state index contributed by atoms with van der Waals surface area (Å²) >= 11 is 0. The van der Waals surface area contributed by atoms with Crippen molar-refractivity contribution in [1.82, 2.24) is 0 Å². The van der Waals surface area contributed by atoms with Crippen molar-refractivity contribution in [2.45, 2.75) is 26.4 Å². The zero-order valence-corrected chi connectivity index (χ0v) is 12.1. The second-order valence-corrected chi connectivity index (χ2v) is 5.36. The standard InChI is InChI=1S/C18H18N2O/c1-13-10-14(11-19)7-8-16(13)12-21-17-6-2-4-15-5-3-9-20-18(15)17/h2,4,6-8,10,20H,3,5,9,12H2,1H3. The molecule has 1 aliphatic heterocycles. The number of anilines is 1. The van der Waals surface area contributed by atoms with Crippen molar-refractivity contribution in [3.8, 4) is 11.8 Å². The van der Waals surface area contributed by atoms with Crippen LogP contribution in [0.25, 0.3) is 0 Å². The Balaban J connectivity index is 1.78. The van der Waals surface area contributed by atoms with E-state index in [4.69, 9.17) is 10.00 Å². The van der Waals surface area contributed by atoms with E-state index in [0.717, 1.165) is 35.5 Å². The van der Waals surface area contributed by atoms with Gasteiger partial charge in [-0.05, 0) is 54.7 Å². The number of fused-ring (bicyclic) bond motifs is 1. The van der Waals surface area contributed by atoms with Crippen LogP contribution in [0.1, 0.15) is 28.7 Å². The van der Waals surface area contributed by atoms with Crippen molar-refractivity contribution in [1.29, 1.82) is 5.26 Å². The summed E-state index contributed by atoms with van der Waals surface area (Å²) < 4.78 is 6.00. The molecule has 21 heavy (non-hydrogen) atoms. The Bertz CT molecular complexity index is 701. The molecular formula is C18H18N2O. The predicted octanol–water partition coefficient (Wildman–Crippen LogP) is 3.80. The topological polar surface area (TPSA) is 45.0 Å². The normalized spacial score (nSPS) is 13.0. The van der Waals surface area contributed by atoms with Gasteiger partial charge in [0, 0.05) is 6.54 Å². The van der Waals surface area contributed by atoms with E-state index in [-0.39, 0.29) is 0 Å². The van der Waals surface area contributed by atoms with Crippen LogP contribution in [0.5, 0.6) is 5.75 Å². The molecule has 0 unspecified atom stereocenters. The third-order valence-corrected chi connectivity index (χ3v) is 3.89. The number of nitrogens with zero attached hydrogens (tertiary/aromatic N) is 1. The summed E-state index contributed by atoms with van der Waals surface area (Å²) in [5, 5.41) is 12.3. The van der Waals surface area contributed by atoms with Crippen molar-refractivity contribution in [2.75, 3.05) is 11.9 Å². The van der Waals surface area contributed by atoms with Gasteiger partial charge < -0.3 is 10.1 Å². The first-order chi connectivity index (χ1) is 10.3. The van der Waals surface area contributed by atoms with Gasteiger partial charge in [-0.25, -0.2) is 0 Å². The van der Waals surface area contributed by atoms with Gasteiger partial charge in [0.15, 0.2) is 0 Å². The van der Waals surface area contributed by atoms with E-state index in [1.807, 2.05) is 37.3 Å². The molecule has 0 bridgehead atoms. The fourth-order valence-electron chi connectivity index (χ4n) is 2.68. The van der Waals surface area contributed by atoms with E-state index < -0.39 is 0 Å². The Kier molecular flexibility index (Phi) is 3.79. The summed E-state index contributed by atoms with van der Waals surface area (Å²) in [5.74, 6) is 0.913. The van der Waals surface area contributed by atoms with Gasteiger partial charge in [-0.15, -0.1) is 0 Å². The van der Waals surface area contributed by atoms with Gasteiger partial charge in [0.1, 0.15) is 12.4 Å². The minimum atomic E-state index is 0.523. The predicted molar refractivity (Wildman–Crippen MR) is 83.5 cm³/mol. The Labute approximate surface area is 125 Å². The average Bonchev–Trinajstić information content (AvgIpc) is 2.53. The van der Waals surface area contributed by atoms with Crippen LogP contribution in [0.15, 0.2) is 36.4 Å². The average molecular weight is 278 g/mol. The molecule has 0 aromatic heterocycles. The molecule has 3 heteroatoms. The quantitative estimate of drug-likeness (QED) is 0.928. The van der Waals surface area contributed by atoms with Gasteiger partial charge in [0.2, 0.25) is 0 Å².